The predicted octanol–water partition coefficient (Wildman–Crippen LogP) is 5.30. The van der Waals surface area contributed by atoms with E-state index in [1.54, 1.807) is 36.7 Å². The highest BCUT2D eigenvalue weighted by Crippen LogP contribution is 2.29. The van der Waals surface area contributed by atoms with Crippen molar-refractivity contribution in [1.82, 2.24) is 9.97 Å². The van der Waals surface area contributed by atoms with Gasteiger partial charge < -0.3 is 10.2 Å². The van der Waals surface area contributed by atoms with E-state index in [9.17, 15) is 10.2 Å². The Morgan fingerprint density at radius 3 is 1.88 bits per heavy atom. The van der Waals surface area contributed by atoms with Crippen LogP contribution in [-0.2, 0) is 0 Å². The topological polar surface area (TPSA) is 66.2 Å². The summed E-state index contributed by atoms with van der Waals surface area (Å²) in [4.78, 5) is 8.07. The molecule has 0 aliphatic rings. The molecule has 0 unspecified atom stereocenters. The van der Waals surface area contributed by atoms with E-state index < -0.39 is 0 Å². The molecule has 4 rings (SSSR count). The number of hydrogen-bond donors (Lipinski definition) is 2. The molecule has 0 amide bonds. The maximum Gasteiger partial charge on any atom is 0.141 e. The van der Waals surface area contributed by atoms with Crippen molar-refractivity contribution in [2.45, 2.75) is 0 Å². The van der Waals surface area contributed by atoms with Gasteiger partial charge in [0.05, 0.1) is 5.02 Å². The zero-order chi connectivity index (χ0) is 17.1. The van der Waals surface area contributed by atoms with Gasteiger partial charge in [-0.05, 0) is 42.5 Å². The van der Waals surface area contributed by atoms with Gasteiger partial charge in [0.1, 0.15) is 22.5 Å². The first-order chi connectivity index (χ1) is 11.6. The van der Waals surface area contributed by atoms with Gasteiger partial charge in [-0.15, -0.1) is 0 Å². The molecule has 0 radical (unpaired) electrons. The maximum absolute atomic E-state index is 9.41. The lowest BCUT2D eigenvalue weighted by Gasteiger charge is -2.00. The zero-order valence-electron chi connectivity index (χ0n) is 12.3. The van der Waals surface area contributed by atoms with Crippen LogP contribution in [0, 0.1) is 0 Å². The Bertz CT molecular complexity index is 860. The van der Waals surface area contributed by atoms with Gasteiger partial charge in [0.2, 0.25) is 0 Å². The molecule has 0 aliphatic heterocycles. The summed E-state index contributed by atoms with van der Waals surface area (Å²) in [5.41, 5.74) is 1.18. The van der Waals surface area contributed by atoms with E-state index in [-0.39, 0.29) is 11.5 Å². The second kappa shape index (κ2) is 7.03. The summed E-state index contributed by atoms with van der Waals surface area (Å²) in [6.07, 6.45) is 3.28. The Labute approximate surface area is 151 Å². The van der Waals surface area contributed by atoms with Gasteiger partial charge in [0.25, 0.3) is 0 Å². The number of fused-ring (bicyclic) bond motifs is 2. The van der Waals surface area contributed by atoms with Crippen LogP contribution in [0.2, 0.25) is 5.02 Å². The van der Waals surface area contributed by atoms with Crippen molar-refractivity contribution >= 4 is 49.3 Å². The lowest BCUT2D eigenvalue weighted by Crippen LogP contribution is -1.79. The minimum Gasteiger partial charge on any atom is -0.506 e. The Kier molecular flexibility index (Phi) is 4.83. The van der Waals surface area contributed by atoms with Gasteiger partial charge in [-0.1, -0.05) is 33.6 Å². The highest BCUT2D eigenvalue weighted by atomic mass is 79.9. The highest BCUT2D eigenvalue weighted by molar-refractivity contribution is 9.10. The van der Waals surface area contributed by atoms with E-state index in [0.29, 0.717) is 16.1 Å². The summed E-state index contributed by atoms with van der Waals surface area (Å²) in [7, 11) is 0. The van der Waals surface area contributed by atoms with Crippen LogP contribution in [0.4, 0.5) is 0 Å². The minimum atomic E-state index is 0.162. The van der Waals surface area contributed by atoms with E-state index in [1.165, 1.54) is 6.07 Å². The molecule has 4 nitrogen and oxygen atoms in total. The van der Waals surface area contributed by atoms with Crippen LogP contribution in [0.3, 0.4) is 0 Å². The fourth-order valence-corrected chi connectivity index (χ4v) is 2.91. The van der Waals surface area contributed by atoms with E-state index in [4.69, 9.17) is 11.6 Å². The molecule has 0 atom stereocenters. The molecule has 4 aromatic rings. The third kappa shape index (κ3) is 3.27. The van der Waals surface area contributed by atoms with Crippen LogP contribution >= 0.6 is 27.5 Å². The van der Waals surface area contributed by atoms with Crippen molar-refractivity contribution in [3.8, 4) is 11.5 Å². The molecule has 0 saturated heterocycles. The van der Waals surface area contributed by atoms with Crippen molar-refractivity contribution in [3.63, 3.8) is 0 Å². The molecule has 2 aromatic carbocycles. The fourth-order valence-electron chi connectivity index (χ4n) is 2.25. The smallest absolute Gasteiger partial charge is 0.141 e. The number of aromatic nitrogens is 2. The Hall–Kier alpha value is -2.37. The Morgan fingerprint density at radius 2 is 1.29 bits per heavy atom. The average Bonchev–Trinajstić information content (AvgIpc) is 2.63. The Balaban J connectivity index is 0.000000141. The summed E-state index contributed by atoms with van der Waals surface area (Å²) in [5.74, 6) is 0.379. The number of phenolic OH excluding ortho intramolecular Hbond substituents is 2. The van der Waals surface area contributed by atoms with E-state index in [0.717, 1.165) is 15.2 Å². The van der Waals surface area contributed by atoms with Gasteiger partial charge in [0, 0.05) is 27.6 Å². The monoisotopic (exact) mass is 402 g/mol. The summed E-state index contributed by atoms with van der Waals surface area (Å²) in [6.45, 7) is 0. The van der Waals surface area contributed by atoms with Crippen molar-refractivity contribution in [1.29, 1.82) is 0 Å². The van der Waals surface area contributed by atoms with E-state index in [1.807, 2.05) is 18.2 Å². The molecule has 0 aliphatic carbocycles. The number of aromatic hydroxyl groups is 2. The molecule has 2 aromatic heterocycles. The number of halogens is 2. The molecule has 0 fully saturated rings. The normalized spacial score (nSPS) is 10.4. The molecular weight excluding hydrogens is 392 g/mol. The van der Waals surface area contributed by atoms with E-state index in [2.05, 4.69) is 25.9 Å². The molecular formula is C18H12BrClN2O2. The summed E-state index contributed by atoms with van der Waals surface area (Å²) >= 11 is 9.26. The van der Waals surface area contributed by atoms with Crippen LogP contribution in [0.15, 0.2) is 65.4 Å². The molecule has 120 valence electrons. The quantitative estimate of drug-likeness (QED) is 0.418. The standard InChI is InChI=1S/C9H6BrNO.C9H6ClNO/c2*10-7-3-4-8(12)9-6(7)2-1-5-11-9/h2*1-5,12H. The summed E-state index contributed by atoms with van der Waals surface area (Å²) in [6, 6.07) is 14.0. The molecule has 2 N–H and O–H groups in total. The molecule has 0 spiro atoms. The van der Waals surface area contributed by atoms with E-state index >= 15 is 0 Å². The third-order valence-corrected chi connectivity index (χ3v) is 4.41. The van der Waals surface area contributed by atoms with Crippen LogP contribution in [0.25, 0.3) is 21.8 Å². The molecule has 6 heteroatoms. The van der Waals surface area contributed by atoms with Crippen LogP contribution in [0.5, 0.6) is 11.5 Å². The summed E-state index contributed by atoms with van der Waals surface area (Å²) in [5, 5.41) is 21.1. The zero-order valence-corrected chi connectivity index (χ0v) is 14.7. The lowest BCUT2D eigenvalue weighted by atomic mass is 10.2. The highest BCUT2D eigenvalue weighted by Gasteiger charge is 2.03. The first-order valence-corrected chi connectivity index (χ1v) is 8.19. The SMILES string of the molecule is Oc1ccc(Br)c2cccnc12.Oc1ccc(Cl)c2cccnc12. The number of nitrogens with zero attached hydrogens (tertiary/aromatic N) is 2. The maximum atomic E-state index is 9.41. The Morgan fingerprint density at radius 1 is 0.750 bits per heavy atom. The van der Waals surface area contributed by atoms with Crippen LogP contribution < -0.4 is 0 Å². The molecule has 24 heavy (non-hydrogen) atoms. The average molecular weight is 404 g/mol. The fraction of sp³-hybridized carbons (Fsp3) is 0. The van der Waals surface area contributed by atoms with Gasteiger partial charge in [-0.25, -0.2) is 0 Å². The number of benzene rings is 2. The van der Waals surface area contributed by atoms with Crippen LogP contribution in [0.1, 0.15) is 0 Å². The van der Waals surface area contributed by atoms with Gasteiger partial charge in [-0.3, -0.25) is 9.97 Å². The first kappa shape index (κ1) is 16.5. The largest absolute Gasteiger partial charge is 0.506 e. The summed E-state index contributed by atoms with van der Waals surface area (Å²) < 4.78 is 0.948. The number of pyridine rings is 2. The third-order valence-electron chi connectivity index (χ3n) is 3.39. The predicted molar refractivity (Wildman–Crippen MR) is 99.5 cm³/mol. The molecule has 0 bridgehead atoms. The van der Waals surface area contributed by atoms with Gasteiger partial charge in [-0.2, -0.15) is 0 Å². The van der Waals surface area contributed by atoms with Crippen molar-refractivity contribution in [3.05, 3.63) is 70.4 Å². The van der Waals surface area contributed by atoms with Crippen molar-refractivity contribution < 1.29 is 10.2 Å². The van der Waals surface area contributed by atoms with Crippen LogP contribution in [-0.4, -0.2) is 20.2 Å². The lowest BCUT2D eigenvalue weighted by molar-refractivity contribution is 0.480. The molecule has 0 saturated carbocycles. The van der Waals surface area contributed by atoms with Crippen molar-refractivity contribution in [2.75, 3.05) is 0 Å². The number of phenols is 2. The minimum absolute atomic E-state index is 0.162. The van der Waals surface area contributed by atoms with Gasteiger partial charge in [0.15, 0.2) is 0 Å². The van der Waals surface area contributed by atoms with Gasteiger partial charge >= 0.3 is 0 Å². The number of rotatable bonds is 0. The second-order valence-electron chi connectivity index (χ2n) is 4.93. The molecule has 2 heterocycles. The first-order valence-electron chi connectivity index (χ1n) is 7.02. The number of hydrogen-bond acceptors (Lipinski definition) is 4. The second-order valence-corrected chi connectivity index (χ2v) is 6.19. The van der Waals surface area contributed by atoms with Crippen molar-refractivity contribution in [2.24, 2.45) is 0 Å².